The van der Waals surface area contributed by atoms with Gasteiger partial charge in [-0.2, -0.15) is 4.98 Å². The number of aromatic nitrogens is 2. The molecular weight excluding hydrogens is 244 g/mol. The SMILES string of the molecule is CNc1ncnc(OCCC2CCCN2C)c1OC. The Kier molecular flexibility index (Phi) is 4.79. The van der Waals surface area contributed by atoms with E-state index >= 15 is 0 Å². The van der Waals surface area contributed by atoms with Crippen LogP contribution >= 0.6 is 0 Å². The van der Waals surface area contributed by atoms with Gasteiger partial charge < -0.3 is 19.7 Å². The van der Waals surface area contributed by atoms with Gasteiger partial charge in [0.15, 0.2) is 5.82 Å². The van der Waals surface area contributed by atoms with Gasteiger partial charge in [0.1, 0.15) is 6.33 Å². The number of anilines is 1. The molecule has 6 heteroatoms. The molecule has 0 aromatic carbocycles. The van der Waals surface area contributed by atoms with E-state index in [1.807, 2.05) is 0 Å². The smallest absolute Gasteiger partial charge is 0.262 e. The predicted molar refractivity (Wildman–Crippen MR) is 73.9 cm³/mol. The predicted octanol–water partition coefficient (Wildman–Crippen LogP) is 1.39. The molecule has 1 atom stereocenters. The molecule has 0 bridgehead atoms. The third-order valence-electron chi connectivity index (χ3n) is 3.57. The summed E-state index contributed by atoms with van der Waals surface area (Å²) >= 11 is 0. The topological polar surface area (TPSA) is 59.5 Å². The Morgan fingerprint density at radius 1 is 1.47 bits per heavy atom. The third-order valence-corrected chi connectivity index (χ3v) is 3.57. The van der Waals surface area contributed by atoms with Gasteiger partial charge in [0.25, 0.3) is 5.88 Å². The normalized spacial score (nSPS) is 19.4. The lowest BCUT2D eigenvalue weighted by atomic mass is 10.1. The van der Waals surface area contributed by atoms with Crippen molar-refractivity contribution in [2.45, 2.75) is 25.3 Å². The van der Waals surface area contributed by atoms with Crippen molar-refractivity contribution < 1.29 is 9.47 Å². The van der Waals surface area contributed by atoms with Gasteiger partial charge in [-0.3, -0.25) is 0 Å². The van der Waals surface area contributed by atoms with Crippen molar-refractivity contribution in [3.8, 4) is 11.6 Å². The lowest BCUT2D eigenvalue weighted by Crippen LogP contribution is -2.26. The molecule has 1 saturated heterocycles. The van der Waals surface area contributed by atoms with Gasteiger partial charge in [-0.15, -0.1) is 0 Å². The number of likely N-dealkylation sites (tertiary alicyclic amines) is 1. The third kappa shape index (κ3) is 3.26. The molecule has 1 aromatic rings. The van der Waals surface area contributed by atoms with Gasteiger partial charge in [0.05, 0.1) is 13.7 Å². The largest absolute Gasteiger partial charge is 0.489 e. The Morgan fingerprint density at radius 3 is 2.95 bits per heavy atom. The van der Waals surface area contributed by atoms with E-state index in [0.29, 0.717) is 30.1 Å². The maximum atomic E-state index is 5.74. The Morgan fingerprint density at radius 2 is 2.32 bits per heavy atom. The monoisotopic (exact) mass is 266 g/mol. The van der Waals surface area contributed by atoms with Crippen LogP contribution in [-0.2, 0) is 0 Å². The van der Waals surface area contributed by atoms with E-state index in [1.54, 1.807) is 14.2 Å². The fraction of sp³-hybridized carbons (Fsp3) is 0.692. The zero-order chi connectivity index (χ0) is 13.7. The Hall–Kier alpha value is -1.56. The standard InChI is InChI=1S/C13H22N4O2/c1-14-12-11(18-3)13(16-9-15-12)19-8-6-10-5-4-7-17(10)2/h9-10H,4-8H2,1-3H3,(H,14,15,16). The molecule has 19 heavy (non-hydrogen) atoms. The molecule has 0 amide bonds. The first kappa shape index (κ1) is 13.9. The molecule has 106 valence electrons. The number of ether oxygens (including phenoxy) is 2. The second-order valence-corrected chi connectivity index (χ2v) is 4.72. The fourth-order valence-corrected chi connectivity index (χ4v) is 2.46. The average Bonchev–Trinajstić information content (AvgIpc) is 2.84. The van der Waals surface area contributed by atoms with Crippen molar-refractivity contribution in [3.05, 3.63) is 6.33 Å². The minimum absolute atomic E-state index is 0.502. The number of hydrogen-bond acceptors (Lipinski definition) is 6. The van der Waals surface area contributed by atoms with Gasteiger partial charge in [-0.05, 0) is 32.9 Å². The lowest BCUT2D eigenvalue weighted by Gasteiger charge is -2.19. The zero-order valence-electron chi connectivity index (χ0n) is 11.8. The molecule has 1 aliphatic rings. The average molecular weight is 266 g/mol. The van der Waals surface area contributed by atoms with Crippen LogP contribution in [0.15, 0.2) is 6.33 Å². The van der Waals surface area contributed by atoms with Crippen LogP contribution in [0.25, 0.3) is 0 Å². The minimum atomic E-state index is 0.502. The first-order valence-corrected chi connectivity index (χ1v) is 6.66. The van der Waals surface area contributed by atoms with Crippen LogP contribution in [0.5, 0.6) is 11.6 Å². The molecule has 1 N–H and O–H groups in total. The van der Waals surface area contributed by atoms with Crippen molar-refractivity contribution in [2.75, 3.05) is 39.7 Å². The first-order valence-electron chi connectivity index (χ1n) is 6.66. The summed E-state index contributed by atoms with van der Waals surface area (Å²) in [5.41, 5.74) is 0. The highest BCUT2D eigenvalue weighted by atomic mass is 16.5. The number of nitrogens with zero attached hydrogens (tertiary/aromatic N) is 3. The van der Waals surface area contributed by atoms with Crippen molar-refractivity contribution in [1.29, 1.82) is 0 Å². The van der Waals surface area contributed by atoms with Crippen LogP contribution in [0.4, 0.5) is 5.82 Å². The number of hydrogen-bond donors (Lipinski definition) is 1. The molecule has 0 saturated carbocycles. The summed E-state index contributed by atoms with van der Waals surface area (Å²) in [4.78, 5) is 10.6. The summed E-state index contributed by atoms with van der Waals surface area (Å²) in [6.45, 7) is 1.83. The second-order valence-electron chi connectivity index (χ2n) is 4.72. The van der Waals surface area contributed by atoms with Crippen LogP contribution in [0.3, 0.4) is 0 Å². The summed E-state index contributed by atoms with van der Waals surface area (Å²) < 4.78 is 11.0. The van der Waals surface area contributed by atoms with Gasteiger partial charge in [0.2, 0.25) is 5.75 Å². The summed E-state index contributed by atoms with van der Waals surface area (Å²) in [6.07, 6.45) is 5.02. The molecule has 0 radical (unpaired) electrons. The van der Waals surface area contributed by atoms with Gasteiger partial charge in [-0.25, -0.2) is 4.98 Å². The summed E-state index contributed by atoms with van der Waals surface area (Å²) in [5, 5.41) is 2.96. The highest BCUT2D eigenvalue weighted by Crippen LogP contribution is 2.30. The van der Waals surface area contributed by atoms with E-state index in [-0.39, 0.29) is 0 Å². The molecule has 2 rings (SSSR count). The van der Waals surface area contributed by atoms with Crippen molar-refractivity contribution in [2.24, 2.45) is 0 Å². The van der Waals surface area contributed by atoms with Crippen molar-refractivity contribution in [3.63, 3.8) is 0 Å². The van der Waals surface area contributed by atoms with E-state index in [9.17, 15) is 0 Å². The van der Waals surface area contributed by atoms with E-state index in [2.05, 4.69) is 27.2 Å². The molecule has 1 unspecified atom stereocenters. The van der Waals surface area contributed by atoms with Crippen LogP contribution in [0.1, 0.15) is 19.3 Å². The van der Waals surface area contributed by atoms with E-state index < -0.39 is 0 Å². The summed E-state index contributed by atoms with van der Waals surface area (Å²) in [6, 6.07) is 0.622. The first-order chi connectivity index (χ1) is 9.26. The van der Waals surface area contributed by atoms with Gasteiger partial charge in [0, 0.05) is 13.1 Å². The van der Waals surface area contributed by atoms with Crippen LogP contribution in [-0.4, -0.2) is 55.3 Å². The summed E-state index contributed by atoms with van der Waals surface area (Å²) in [7, 11) is 5.56. The van der Waals surface area contributed by atoms with Crippen molar-refractivity contribution in [1.82, 2.24) is 14.9 Å². The summed E-state index contributed by atoms with van der Waals surface area (Å²) in [5.74, 6) is 1.71. The minimum Gasteiger partial charge on any atom is -0.489 e. The number of nitrogens with one attached hydrogen (secondary N) is 1. The number of methoxy groups -OCH3 is 1. The van der Waals surface area contributed by atoms with Gasteiger partial charge in [-0.1, -0.05) is 0 Å². The lowest BCUT2D eigenvalue weighted by molar-refractivity contribution is 0.222. The highest BCUT2D eigenvalue weighted by Gasteiger charge is 2.21. The maximum absolute atomic E-state index is 5.74. The zero-order valence-corrected chi connectivity index (χ0v) is 11.8. The van der Waals surface area contributed by atoms with Crippen LogP contribution < -0.4 is 14.8 Å². The molecule has 1 aliphatic heterocycles. The van der Waals surface area contributed by atoms with E-state index in [0.717, 1.165) is 6.42 Å². The fourth-order valence-electron chi connectivity index (χ4n) is 2.46. The van der Waals surface area contributed by atoms with Crippen LogP contribution in [0.2, 0.25) is 0 Å². The molecule has 0 spiro atoms. The molecule has 1 fully saturated rings. The second kappa shape index (κ2) is 6.56. The van der Waals surface area contributed by atoms with E-state index in [4.69, 9.17) is 9.47 Å². The Labute approximate surface area is 114 Å². The Bertz CT molecular complexity index is 414. The Balaban J connectivity index is 1.92. The van der Waals surface area contributed by atoms with E-state index in [1.165, 1.54) is 25.7 Å². The highest BCUT2D eigenvalue weighted by molar-refractivity contribution is 5.54. The molecule has 2 heterocycles. The molecule has 6 nitrogen and oxygen atoms in total. The van der Waals surface area contributed by atoms with Crippen LogP contribution in [0, 0.1) is 0 Å². The van der Waals surface area contributed by atoms with Crippen molar-refractivity contribution >= 4 is 5.82 Å². The molecular formula is C13H22N4O2. The molecule has 0 aliphatic carbocycles. The van der Waals surface area contributed by atoms with Gasteiger partial charge >= 0.3 is 0 Å². The quantitative estimate of drug-likeness (QED) is 0.839. The molecule has 1 aromatic heterocycles. The maximum Gasteiger partial charge on any atom is 0.262 e. The number of rotatable bonds is 6.